The molecule has 1 aliphatic heterocycles. The fourth-order valence-corrected chi connectivity index (χ4v) is 3.60. The number of nitrogens with zero attached hydrogens (tertiary/aromatic N) is 2. The lowest BCUT2D eigenvalue weighted by Gasteiger charge is -2.23. The molecular weight excluding hydrogens is 428 g/mol. The van der Waals surface area contributed by atoms with Gasteiger partial charge in [0, 0.05) is 18.2 Å². The Morgan fingerprint density at radius 1 is 1.03 bits per heavy atom. The number of imide groups is 1. The first-order valence-electron chi connectivity index (χ1n) is 10.2. The SMILES string of the molecule is COc1ccc(C2(C)NC(=O)N(NC(=O)CN(C)Cc3ccc(OC)cc3OC)C2=O)cc1. The highest BCUT2D eigenvalue weighted by molar-refractivity contribution is 6.08. The molecule has 10 heteroatoms. The molecule has 0 bridgehead atoms. The summed E-state index contributed by atoms with van der Waals surface area (Å²) in [5.41, 5.74) is 2.53. The van der Waals surface area contributed by atoms with Crippen LogP contribution in [0.25, 0.3) is 0 Å². The van der Waals surface area contributed by atoms with Gasteiger partial charge in [-0.3, -0.25) is 19.9 Å². The van der Waals surface area contributed by atoms with Crippen molar-refractivity contribution in [3.63, 3.8) is 0 Å². The number of rotatable bonds is 9. The van der Waals surface area contributed by atoms with Crippen LogP contribution in [0.2, 0.25) is 0 Å². The van der Waals surface area contributed by atoms with Crippen LogP contribution in [0.4, 0.5) is 4.79 Å². The van der Waals surface area contributed by atoms with Gasteiger partial charge in [-0.25, -0.2) is 4.79 Å². The third-order valence-corrected chi connectivity index (χ3v) is 5.44. The number of nitrogens with one attached hydrogen (secondary N) is 2. The lowest BCUT2D eigenvalue weighted by molar-refractivity contribution is -0.139. The molecule has 1 fully saturated rings. The Labute approximate surface area is 192 Å². The van der Waals surface area contributed by atoms with E-state index < -0.39 is 23.4 Å². The Morgan fingerprint density at radius 3 is 2.27 bits per heavy atom. The molecule has 0 radical (unpaired) electrons. The first kappa shape index (κ1) is 23.9. The van der Waals surface area contributed by atoms with Crippen LogP contribution in [0.3, 0.4) is 0 Å². The van der Waals surface area contributed by atoms with Gasteiger partial charge in [-0.05, 0) is 37.7 Å². The van der Waals surface area contributed by atoms with Crippen LogP contribution in [0.5, 0.6) is 17.2 Å². The maximum absolute atomic E-state index is 13.0. The van der Waals surface area contributed by atoms with Gasteiger partial charge < -0.3 is 19.5 Å². The van der Waals surface area contributed by atoms with Crippen LogP contribution in [0.1, 0.15) is 18.1 Å². The first-order chi connectivity index (χ1) is 15.7. The second-order valence-electron chi connectivity index (χ2n) is 7.81. The maximum atomic E-state index is 13.0. The molecule has 0 aliphatic carbocycles. The van der Waals surface area contributed by atoms with E-state index in [9.17, 15) is 14.4 Å². The number of ether oxygens (including phenoxy) is 3. The number of benzene rings is 2. The van der Waals surface area contributed by atoms with Gasteiger partial charge in [0.15, 0.2) is 0 Å². The van der Waals surface area contributed by atoms with Gasteiger partial charge in [0.25, 0.3) is 11.8 Å². The van der Waals surface area contributed by atoms with Crippen molar-refractivity contribution < 1.29 is 28.6 Å². The minimum atomic E-state index is -1.31. The molecule has 3 rings (SSSR count). The fraction of sp³-hybridized carbons (Fsp3) is 0.348. The molecule has 4 amide bonds. The van der Waals surface area contributed by atoms with Crippen molar-refractivity contribution in [2.75, 3.05) is 34.9 Å². The summed E-state index contributed by atoms with van der Waals surface area (Å²) in [4.78, 5) is 39.8. The highest BCUT2D eigenvalue weighted by Crippen LogP contribution is 2.29. The van der Waals surface area contributed by atoms with Crippen LogP contribution >= 0.6 is 0 Å². The molecule has 1 atom stereocenters. The molecule has 2 N–H and O–H groups in total. The molecule has 33 heavy (non-hydrogen) atoms. The number of hydrogen-bond acceptors (Lipinski definition) is 7. The second-order valence-corrected chi connectivity index (χ2v) is 7.81. The molecule has 2 aromatic rings. The van der Waals surface area contributed by atoms with Crippen molar-refractivity contribution in [2.24, 2.45) is 0 Å². The Bertz CT molecular complexity index is 1040. The minimum Gasteiger partial charge on any atom is -0.497 e. The quantitative estimate of drug-likeness (QED) is 0.552. The van der Waals surface area contributed by atoms with Gasteiger partial charge in [0.1, 0.15) is 22.8 Å². The van der Waals surface area contributed by atoms with Gasteiger partial charge >= 0.3 is 6.03 Å². The van der Waals surface area contributed by atoms with E-state index in [1.54, 1.807) is 69.5 Å². The second kappa shape index (κ2) is 9.78. The topological polar surface area (TPSA) is 109 Å². The van der Waals surface area contributed by atoms with E-state index in [-0.39, 0.29) is 6.54 Å². The van der Waals surface area contributed by atoms with E-state index in [1.165, 1.54) is 7.11 Å². The van der Waals surface area contributed by atoms with E-state index >= 15 is 0 Å². The largest absolute Gasteiger partial charge is 0.497 e. The molecule has 1 heterocycles. The molecule has 0 aromatic heterocycles. The van der Waals surface area contributed by atoms with Crippen molar-refractivity contribution in [1.29, 1.82) is 0 Å². The van der Waals surface area contributed by atoms with Crippen LogP contribution in [-0.4, -0.2) is 62.7 Å². The number of methoxy groups -OCH3 is 3. The summed E-state index contributed by atoms with van der Waals surface area (Å²) in [6.45, 7) is 1.94. The number of amides is 4. The van der Waals surface area contributed by atoms with Crippen molar-refractivity contribution in [1.82, 2.24) is 20.7 Å². The molecule has 1 aliphatic rings. The van der Waals surface area contributed by atoms with Gasteiger partial charge in [-0.1, -0.05) is 18.2 Å². The summed E-state index contributed by atoms with van der Waals surface area (Å²) < 4.78 is 15.7. The lowest BCUT2D eigenvalue weighted by Crippen LogP contribution is -2.50. The zero-order chi connectivity index (χ0) is 24.2. The standard InChI is InChI=1S/C23H28N4O6/c1-23(16-7-10-17(31-3)11-8-16)21(29)27(22(30)24-23)25-20(28)14-26(2)13-15-6-9-18(32-4)12-19(15)33-5/h6-12H,13-14H2,1-5H3,(H,24,30)(H,25,28). The van der Waals surface area contributed by atoms with E-state index in [2.05, 4.69) is 10.7 Å². The van der Waals surface area contributed by atoms with E-state index in [4.69, 9.17) is 14.2 Å². The predicted octanol–water partition coefficient (Wildman–Crippen LogP) is 1.64. The van der Waals surface area contributed by atoms with Crippen LogP contribution in [0, 0.1) is 0 Å². The average Bonchev–Trinajstić information content (AvgIpc) is 3.03. The fourth-order valence-electron chi connectivity index (χ4n) is 3.60. The number of urea groups is 1. The minimum absolute atomic E-state index is 0.0501. The van der Waals surface area contributed by atoms with Gasteiger partial charge in [0.05, 0.1) is 27.9 Å². The normalized spacial score (nSPS) is 17.7. The van der Waals surface area contributed by atoms with Gasteiger partial charge in [0.2, 0.25) is 0 Å². The molecule has 0 saturated carbocycles. The van der Waals surface area contributed by atoms with E-state index in [0.717, 1.165) is 5.56 Å². The van der Waals surface area contributed by atoms with Crippen LogP contribution in [0.15, 0.2) is 42.5 Å². The number of carbonyl (C=O) groups is 3. The summed E-state index contributed by atoms with van der Waals surface area (Å²) in [5, 5.41) is 3.36. The van der Waals surface area contributed by atoms with Crippen LogP contribution in [-0.2, 0) is 21.7 Å². The average molecular weight is 456 g/mol. The number of likely N-dealkylation sites (N-methyl/N-ethyl adjacent to an activating group) is 1. The summed E-state index contributed by atoms with van der Waals surface area (Å²) in [5.74, 6) is 0.833. The molecular formula is C23H28N4O6. The highest BCUT2D eigenvalue weighted by Gasteiger charge is 2.50. The zero-order valence-electron chi connectivity index (χ0n) is 19.3. The number of carbonyl (C=O) groups excluding carboxylic acids is 3. The zero-order valence-corrected chi connectivity index (χ0v) is 19.3. The summed E-state index contributed by atoms with van der Waals surface area (Å²) in [6, 6.07) is 11.5. The predicted molar refractivity (Wildman–Crippen MR) is 120 cm³/mol. The lowest BCUT2D eigenvalue weighted by atomic mass is 9.92. The third-order valence-electron chi connectivity index (χ3n) is 5.44. The van der Waals surface area contributed by atoms with Crippen molar-refractivity contribution in [2.45, 2.75) is 19.0 Å². The summed E-state index contributed by atoms with van der Waals surface area (Å²) in [7, 11) is 6.41. The molecule has 0 spiro atoms. The summed E-state index contributed by atoms with van der Waals surface area (Å²) >= 11 is 0. The monoisotopic (exact) mass is 456 g/mol. The van der Waals surface area contributed by atoms with Crippen molar-refractivity contribution in [3.05, 3.63) is 53.6 Å². The smallest absolute Gasteiger partial charge is 0.344 e. The Balaban J connectivity index is 1.64. The van der Waals surface area contributed by atoms with Gasteiger partial charge in [-0.2, -0.15) is 5.01 Å². The molecule has 176 valence electrons. The Hall–Kier alpha value is -3.79. The Morgan fingerprint density at radius 2 is 1.67 bits per heavy atom. The molecule has 1 unspecified atom stereocenters. The first-order valence-corrected chi connectivity index (χ1v) is 10.2. The van der Waals surface area contributed by atoms with Crippen molar-refractivity contribution >= 4 is 17.8 Å². The van der Waals surface area contributed by atoms with Crippen LogP contribution < -0.4 is 25.0 Å². The Kier molecular flexibility index (Phi) is 7.07. The molecule has 2 aromatic carbocycles. The third kappa shape index (κ3) is 5.01. The maximum Gasteiger partial charge on any atom is 0.344 e. The van der Waals surface area contributed by atoms with Gasteiger partial charge in [-0.15, -0.1) is 0 Å². The molecule has 1 saturated heterocycles. The highest BCUT2D eigenvalue weighted by atomic mass is 16.5. The van der Waals surface area contributed by atoms with Crippen molar-refractivity contribution in [3.8, 4) is 17.2 Å². The summed E-state index contributed by atoms with van der Waals surface area (Å²) in [6.07, 6.45) is 0. The number of hydrazine groups is 1. The van der Waals surface area contributed by atoms with E-state index in [1.807, 2.05) is 6.07 Å². The number of hydrogen-bond donors (Lipinski definition) is 2. The van der Waals surface area contributed by atoms with E-state index in [0.29, 0.717) is 34.4 Å². The molecule has 10 nitrogen and oxygen atoms in total.